The Labute approximate surface area is 170 Å². The summed E-state index contributed by atoms with van der Waals surface area (Å²) in [5, 5.41) is 13.8. The van der Waals surface area contributed by atoms with Crippen molar-refractivity contribution < 1.29 is 24.2 Å². The molecule has 0 bridgehead atoms. The molecule has 0 aromatic heterocycles. The summed E-state index contributed by atoms with van der Waals surface area (Å²) in [5.74, 6) is -0.546. The summed E-state index contributed by atoms with van der Waals surface area (Å²) >= 11 is 0. The van der Waals surface area contributed by atoms with Gasteiger partial charge < -0.3 is 15.2 Å². The molecule has 0 radical (unpaired) electrons. The summed E-state index contributed by atoms with van der Waals surface area (Å²) in [5.41, 5.74) is 0.559. The summed E-state index contributed by atoms with van der Waals surface area (Å²) in [7, 11) is 3.35. The highest BCUT2D eigenvalue weighted by Crippen LogP contribution is 2.16. The normalized spacial score (nSPS) is 14.8. The Kier molecular flexibility index (Phi) is 9.70. The number of benzene rings is 1. The number of imide groups is 1. The van der Waals surface area contributed by atoms with Crippen LogP contribution in [0.4, 0.5) is 10.5 Å². The Morgan fingerprint density at radius 2 is 1.82 bits per heavy atom. The number of likely N-dealkylation sites (N-methyl/N-ethyl adjacent to an activating group) is 1. The predicted molar refractivity (Wildman–Crippen MR) is 107 cm³/mol. The number of nitrogens with one attached hydrogen (secondary N) is 2. The third-order valence-corrected chi connectivity index (χ3v) is 4.53. The lowest BCUT2D eigenvalue weighted by atomic mass is 10.0. The van der Waals surface area contributed by atoms with Crippen LogP contribution in [-0.2, 0) is 9.59 Å². The fourth-order valence-corrected chi connectivity index (χ4v) is 3.07. The maximum Gasteiger partial charge on any atom is 0.325 e. The van der Waals surface area contributed by atoms with Crippen molar-refractivity contribution in [2.24, 2.45) is 0 Å². The molecule has 3 N–H and O–H groups in total. The lowest BCUT2D eigenvalue weighted by Gasteiger charge is -2.35. The Hall–Kier alpha value is -2.36. The first-order valence-electron chi connectivity index (χ1n) is 8.76. The van der Waals surface area contributed by atoms with Crippen LogP contribution in [0.1, 0.15) is 12.8 Å². The summed E-state index contributed by atoms with van der Waals surface area (Å²) < 4.78 is 5.04. The summed E-state index contributed by atoms with van der Waals surface area (Å²) in [6.07, 6.45) is 1.57. The van der Waals surface area contributed by atoms with E-state index in [0.29, 0.717) is 24.5 Å². The number of carboxylic acid groups (broad SMARTS) is 1. The van der Waals surface area contributed by atoms with Crippen molar-refractivity contribution in [2.75, 3.05) is 45.7 Å². The smallest absolute Gasteiger partial charge is 0.325 e. The SMILES string of the molecule is COc1ccc(NC(=O)NC(=O)CN2CCC(N(C)CC(=O)O)CC2)cc1.Cl. The largest absolute Gasteiger partial charge is 0.497 e. The quantitative estimate of drug-likeness (QED) is 0.615. The highest BCUT2D eigenvalue weighted by atomic mass is 35.5. The van der Waals surface area contributed by atoms with E-state index < -0.39 is 12.0 Å². The standard InChI is InChI=1S/C18H26N4O5.ClH/c1-21(12-17(24)25)14-7-9-22(10-8-14)11-16(23)20-18(26)19-13-3-5-15(27-2)6-4-13;/h3-6,14H,7-12H2,1-2H3,(H,24,25)(H2,19,20,23,26);1H. The first-order valence-corrected chi connectivity index (χ1v) is 8.76. The zero-order valence-electron chi connectivity index (χ0n) is 16.0. The molecule has 0 atom stereocenters. The van der Waals surface area contributed by atoms with Crippen molar-refractivity contribution in [3.8, 4) is 5.75 Å². The third-order valence-electron chi connectivity index (χ3n) is 4.53. The average molecular weight is 415 g/mol. The van der Waals surface area contributed by atoms with Gasteiger partial charge in [-0.1, -0.05) is 0 Å². The van der Waals surface area contributed by atoms with Crippen molar-refractivity contribution in [2.45, 2.75) is 18.9 Å². The van der Waals surface area contributed by atoms with Crippen LogP contribution < -0.4 is 15.4 Å². The number of likely N-dealkylation sites (tertiary alicyclic amines) is 1. The first-order chi connectivity index (χ1) is 12.9. The zero-order valence-corrected chi connectivity index (χ0v) is 16.8. The van der Waals surface area contributed by atoms with Crippen molar-refractivity contribution in [1.29, 1.82) is 0 Å². The molecule has 10 heteroatoms. The number of aliphatic carboxylic acids is 1. The first kappa shape index (κ1) is 23.7. The molecule has 1 aromatic carbocycles. The number of nitrogens with zero attached hydrogens (tertiary/aromatic N) is 2. The summed E-state index contributed by atoms with van der Waals surface area (Å²) in [6, 6.07) is 6.40. The number of methoxy groups -OCH3 is 1. The van der Waals surface area contributed by atoms with Gasteiger partial charge in [0.1, 0.15) is 5.75 Å². The van der Waals surface area contributed by atoms with Crippen molar-refractivity contribution >= 4 is 36.0 Å². The number of piperidine rings is 1. The molecule has 1 aromatic rings. The van der Waals surface area contributed by atoms with Crippen molar-refractivity contribution in [3.63, 3.8) is 0 Å². The molecule has 0 aliphatic carbocycles. The predicted octanol–water partition coefficient (Wildman–Crippen LogP) is 1.25. The molecule has 156 valence electrons. The van der Waals surface area contributed by atoms with E-state index >= 15 is 0 Å². The molecular formula is C18H27ClN4O5. The van der Waals surface area contributed by atoms with Crippen LogP contribution in [0, 0.1) is 0 Å². The van der Waals surface area contributed by atoms with E-state index in [-0.39, 0.29) is 37.4 Å². The Balaban J connectivity index is 0.00000392. The summed E-state index contributed by atoms with van der Waals surface area (Å²) in [6.45, 7) is 1.51. The second-order valence-corrected chi connectivity index (χ2v) is 6.55. The van der Waals surface area contributed by atoms with Gasteiger partial charge in [0.25, 0.3) is 0 Å². The molecule has 1 heterocycles. The van der Waals surface area contributed by atoms with E-state index in [2.05, 4.69) is 10.6 Å². The highest BCUT2D eigenvalue weighted by Gasteiger charge is 2.24. The number of ether oxygens (including phenoxy) is 1. The number of carboxylic acids is 1. The van der Waals surface area contributed by atoms with E-state index in [0.717, 1.165) is 12.8 Å². The van der Waals surface area contributed by atoms with Crippen LogP contribution in [0.15, 0.2) is 24.3 Å². The maximum atomic E-state index is 12.1. The minimum Gasteiger partial charge on any atom is -0.497 e. The highest BCUT2D eigenvalue weighted by molar-refractivity contribution is 6.01. The second-order valence-electron chi connectivity index (χ2n) is 6.55. The fourth-order valence-electron chi connectivity index (χ4n) is 3.07. The van der Waals surface area contributed by atoms with Gasteiger partial charge in [0, 0.05) is 24.8 Å². The Morgan fingerprint density at radius 1 is 1.21 bits per heavy atom. The Bertz CT molecular complexity index is 662. The lowest BCUT2D eigenvalue weighted by Crippen LogP contribution is -2.48. The van der Waals surface area contributed by atoms with Crippen LogP contribution >= 0.6 is 12.4 Å². The number of hydrogen-bond acceptors (Lipinski definition) is 6. The van der Waals surface area contributed by atoms with Crippen LogP contribution in [0.2, 0.25) is 0 Å². The van der Waals surface area contributed by atoms with E-state index in [9.17, 15) is 14.4 Å². The number of carbonyl (C=O) groups excluding carboxylic acids is 2. The molecule has 28 heavy (non-hydrogen) atoms. The molecular weight excluding hydrogens is 388 g/mol. The van der Waals surface area contributed by atoms with E-state index in [1.807, 2.05) is 9.80 Å². The van der Waals surface area contributed by atoms with Crippen LogP contribution in [0.25, 0.3) is 0 Å². The lowest BCUT2D eigenvalue weighted by molar-refractivity contribution is -0.138. The van der Waals surface area contributed by atoms with Crippen molar-refractivity contribution in [3.05, 3.63) is 24.3 Å². The van der Waals surface area contributed by atoms with E-state index in [4.69, 9.17) is 9.84 Å². The topological polar surface area (TPSA) is 111 Å². The molecule has 1 saturated heterocycles. The van der Waals surface area contributed by atoms with Gasteiger partial charge in [0.05, 0.1) is 20.2 Å². The average Bonchev–Trinajstić information content (AvgIpc) is 2.62. The molecule has 0 saturated carbocycles. The number of carbonyl (C=O) groups is 3. The van der Waals surface area contributed by atoms with Gasteiger partial charge in [-0.25, -0.2) is 4.79 Å². The van der Waals surface area contributed by atoms with Crippen molar-refractivity contribution in [1.82, 2.24) is 15.1 Å². The van der Waals surface area contributed by atoms with Gasteiger partial charge in [-0.05, 0) is 44.2 Å². The molecule has 2 rings (SSSR count). The fraction of sp³-hybridized carbons (Fsp3) is 0.500. The molecule has 1 aliphatic rings. The number of halogens is 1. The minimum atomic E-state index is -0.845. The third kappa shape index (κ3) is 7.71. The van der Waals surface area contributed by atoms with E-state index in [1.165, 1.54) is 0 Å². The van der Waals surface area contributed by atoms with Gasteiger partial charge in [-0.15, -0.1) is 12.4 Å². The molecule has 0 unspecified atom stereocenters. The Morgan fingerprint density at radius 3 is 2.36 bits per heavy atom. The van der Waals surface area contributed by atoms with Gasteiger partial charge in [0.2, 0.25) is 5.91 Å². The summed E-state index contributed by atoms with van der Waals surface area (Å²) in [4.78, 5) is 38.5. The van der Waals surface area contributed by atoms with Crippen LogP contribution in [0.3, 0.4) is 0 Å². The number of amides is 3. The molecule has 3 amide bonds. The van der Waals surface area contributed by atoms with Gasteiger partial charge in [-0.2, -0.15) is 0 Å². The zero-order chi connectivity index (χ0) is 19.8. The van der Waals surface area contributed by atoms with Gasteiger partial charge >= 0.3 is 12.0 Å². The number of anilines is 1. The van der Waals surface area contributed by atoms with Crippen LogP contribution in [0.5, 0.6) is 5.75 Å². The minimum absolute atomic E-state index is 0. The molecule has 1 fully saturated rings. The van der Waals surface area contributed by atoms with Gasteiger partial charge in [0.15, 0.2) is 0 Å². The molecule has 0 spiro atoms. The maximum absolute atomic E-state index is 12.1. The number of urea groups is 1. The van der Waals surface area contributed by atoms with Crippen LogP contribution in [-0.4, -0.2) is 79.2 Å². The number of hydrogen-bond donors (Lipinski definition) is 3. The molecule has 9 nitrogen and oxygen atoms in total. The van der Waals surface area contributed by atoms with Gasteiger partial charge in [-0.3, -0.25) is 24.7 Å². The monoisotopic (exact) mass is 414 g/mol. The van der Waals surface area contributed by atoms with E-state index in [1.54, 1.807) is 38.4 Å². The second kappa shape index (κ2) is 11.5. The molecule has 1 aliphatic heterocycles. The number of rotatable bonds is 7.